The number of allylic oxidation sites excluding steroid dienone is 1. The molecule has 1 unspecified atom stereocenters. The first-order chi connectivity index (χ1) is 10.3. The Morgan fingerprint density at radius 3 is 3.14 bits per heavy atom. The zero-order chi connectivity index (χ0) is 14.4. The number of aromatic nitrogens is 3. The van der Waals surface area contributed by atoms with Gasteiger partial charge in [-0.1, -0.05) is 25.6 Å². The molecule has 5 nitrogen and oxygen atoms in total. The van der Waals surface area contributed by atoms with Crippen molar-refractivity contribution in [2.75, 3.05) is 0 Å². The molecule has 0 amide bonds. The third-order valence-electron chi connectivity index (χ3n) is 4.59. The molecule has 0 aromatic carbocycles. The third-order valence-corrected chi connectivity index (χ3v) is 4.59. The van der Waals surface area contributed by atoms with Gasteiger partial charge in [0.1, 0.15) is 0 Å². The van der Waals surface area contributed by atoms with Crippen molar-refractivity contribution in [3.63, 3.8) is 0 Å². The van der Waals surface area contributed by atoms with Crippen LogP contribution >= 0.6 is 0 Å². The Morgan fingerprint density at radius 1 is 1.45 bits per heavy atom. The van der Waals surface area contributed by atoms with E-state index >= 15 is 0 Å². The summed E-state index contributed by atoms with van der Waals surface area (Å²) >= 11 is 0. The summed E-state index contributed by atoms with van der Waals surface area (Å²) in [5.74, 6) is 1.53. The molecule has 2 N–H and O–H groups in total. The van der Waals surface area contributed by atoms with Crippen LogP contribution in [0.2, 0.25) is 0 Å². The molecule has 7 heteroatoms. The first-order valence-electron chi connectivity index (χ1n) is 7.45. The molecule has 1 aliphatic carbocycles. The molecule has 2 aromatic heterocycles. The van der Waals surface area contributed by atoms with E-state index in [1.165, 1.54) is 19.3 Å². The van der Waals surface area contributed by atoms with Gasteiger partial charge in [-0.2, -0.15) is 0 Å². The molecular formula is C15H17BN5Y-. The topological polar surface area (TPSA) is 57.5 Å². The molecule has 1 saturated carbocycles. The summed E-state index contributed by atoms with van der Waals surface area (Å²) in [5, 5.41) is 3.58. The van der Waals surface area contributed by atoms with Crippen LogP contribution in [0, 0.1) is 6.20 Å². The van der Waals surface area contributed by atoms with E-state index in [0.29, 0.717) is 17.4 Å². The van der Waals surface area contributed by atoms with E-state index in [9.17, 15) is 0 Å². The second kappa shape index (κ2) is 6.32. The average molecular weight is 367 g/mol. The summed E-state index contributed by atoms with van der Waals surface area (Å²) < 4.78 is 2.16. The van der Waals surface area contributed by atoms with Crippen molar-refractivity contribution < 1.29 is 32.7 Å². The minimum absolute atomic E-state index is 0. The Bertz CT molecular complexity index is 778. The normalized spacial score (nSPS) is 24.9. The van der Waals surface area contributed by atoms with Gasteiger partial charge in [-0.25, -0.2) is 0 Å². The standard InChI is InChI=1S/C15H17BN5.Y/c1-9-5-12-7-17-14(20-16)13-8-18-15(21(12)13)10-3-2-4-11(6-10)19-9;/h7,10-11,19H,1-6H2,(H,17,20);/q-1;/t10-,11?;/m1./s1. The van der Waals surface area contributed by atoms with E-state index in [1.54, 1.807) is 0 Å². The fourth-order valence-corrected chi connectivity index (χ4v) is 3.68. The zero-order valence-corrected chi connectivity index (χ0v) is 15.3. The van der Waals surface area contributed by atoms with E-state index in [1.807, 2.05) is 6.20 Å². The molecule has 1 fully saturated rings. The summed E-state index contributed by atoms with van der Waals surface area (Å²) in [7, 11) is 5.47. The van der Waals surface area contributed by atoms with Crippen molar-refractivity contribution in [1.82, 2.24) is 19.7 Å². The number of rotatable bonds is 0. The van der Waals surface area contributed by atoms with Crippen molar-refractivity contribution in [3.05, 3.63) is 41.7 Å². The maximum Gasteiger partial charge on any atom is 0.239 e. The first-order valence-corrected chi connectivity index (χ1v) is 7.45. The summed E-state index contributed by atoms with van der Waals surface area (Å²) in [6.45, 7) is 4.17. The minimum atomic E-state index is 0. The van der Waals surface area contributed by atoms with Crippen LogP contribution in [0.1, 0.15) is 43.1 Å². The minimum Gasteiger partial charge on any atom is -0.399 e. The predicted molar refractivity (Wildman–Crippen MR) is 80.7 cm³/mol. The van der Waals surface area contributed by atoms with Crippen LogP contribution < -0.4 is 10.8 Å². The fraction of sp³-hybridized carbons (Fsp3) is 0.467. The molecule has 0 saturated heterocycles. The summed E-state index contributed by atoms with van der Waals surface area (Å²) in [6, 6.07) is 0.501. The maximum absolute atomic E-state index is 5.47. The largest absolute Gasteiger partial charge is 0.399 e. The van der Waals surface area contributed by atoms with E-state index < -0.39 is 0 Å². The average Bonchev–Trinajstić information content (AvgIpc) is 2.93. The van der Waals surface area contributed by atoms with Crippen LogP contribution in [0.25, 0.3) is 5.52 Å². The molecule has 2 bridgehead atoms. The number of H-pyrrole nitrogens is 1. The zero-order valence-electron chi connectivity index (χ0n) is 12.5. The Balaban J connectivity index is 0.00000144. The quantitative estimate of drug-likeness (QED) is 0.542. The van der Waals surface area contributed by atoms with Gasteiger partial charge in [0.05, 0.1) is 0 Å². The fourth-order valence-electron chi connectivity index (χ4n) is 3.68. The number of nitrogens with zero attached hydrogens (tertiary/aromatic N) is 3. The Kier molecular flexibility index (Phi) is 4.60. The third kappa shape index (κ3) is 2.60. The monoisotopic (exact) mass is 367 g/mol. The van der Waals surface area contributed by atoms with Crippen LogP contribution in [0.4, 0.5) is 0 Å². The smallest absolute Gasteiger partial charge is 0.239 e. The Labute approximate surface area is 156 Å². The van der Waals surface area contributed by atoms with Gasteiger partial charge in [-0.05, 0) is 24.3 Å². The van der Waals surface area contributed by atoms with Crippen LogP contribution in [0.15, 0.2) is 23.4 Å². The second-order valence-corrected chi connectivity index (χ2v) is 6.01. The van der Waals surface area contributed by atoms with Gasteiger partial charge in [-0.3, -0.25) is 0 Å². The summed E-state index contributed by atoms with van der Waals surface area (Å²) in [6.07, 6.45) is 10.5. The van der Waals surface area contributed by atoms with Crippen molar-refractivity contribution >= 4 is 13.5 Å². The molecule has 22 heavy (non-hydrogen) atoms. The number of hydrogen-bond acceptors (Lipinski definition) is 3. The van der Waals surface area contributed by atoms with E-state index in [-0.39, 0.29) is 32.7 Å². The molecule has 4 rings (SSSR count). The number of aromatic amines is 1. The second-order valence-electron chi connectivity index (χ2n) is 6.01. The molecule has 2 aliphatic rings. The van der Waals surface area contributed by atoms with Gasteiger partial charge >= 0.3 is 0 Å². The van der Waals surface area contributed by atoms with Crippen molar-refractivity contribution in [1.29, 1.82) is 0 Å². The molecule has 3 radical (unpaired) electrons. The van der Waals surface area contributed by atoms with Gasteiger partial charge < -0.3 is 24.6 Å². The molecule has 2 aromatic rings. The van der Waals surface area contributed by atoms with E-state index in [4.69, 9.17) is 7.98 Å². The molecule has 1 aliphatic heterocycles. The molecular weight excluding hydrogens is 350 g/mol. The van der Waals surface area contributed by atoms with Gasteiger partial charge in [0.2, 0.25) is 7.98 Å². The van der Waals surface area contributed by atoms with Crippen molar-refractivity contribution in [2.45, 2.75) is 44.1 Å². The van der Waals surface area contributed by atoms with Gasteiger partial charge in [0.15, 0.2) is 0 Å². The first kappa shape index (κ1) is 16.0. The van der Waals surface area contributed by atoms with Gasteiger partial charge in [0.25, 0.3) is 0 Å². The number of nitrogens with one attached hydrogen (secondary N) is 2. The van der Waals surface area contributed by atoms with Crippen LogP contribution in [-0.4, -0.2) is 28.4 Å². The SMILES string of the molecule is [B]/N=c1\[nH]cc2n3c(n[c-]c13)[C@@H]1CCCC(C1)NC(=C)C2.[Y]. The van der Waals surface area contributed by atoms with E-state index in [2.05, 4.69) is 37.4 Å². The van der Waals surface area contributed by atoms with Crippen molar-refractivity contribution in [3.8, 4) is 0 Å². The number of fused-ring (bicyclic) bond motifs is 3. The van der Waals surface area contributed by atoms with E-state index in [0.717, 1.165) is 35.6 Å². The van der Waals surface area contributed by atoms with Crippen molar-refractivity contribution in [2.24, 2.45) is 4.90 Å². The molecule has 2 atom stereocenters. The number of imidazole rings is 1. The predicted octanol–water partition coefficient (Wildman–Crippen LogP) is 1.13. The van der Waals surface area contributed by atoms with Crippen LogP contribution in [0.3, 0.4) is 0 Å². The van der Waals surface area contributed by atoms with Crippen LogP contribution in [0.5, 0.6) is 0 Å². The molecule has 109 valence electrons. The molecule has 0 spiro atoms. The summed E-state index contributed by atoms with van der Waals surface area (Å²) in [4.78, 5) is 11.5. The van der Waals surface area contributed by atoms with Gasteiger partial charge in [-0.15, -0.1) is 0 Å². The van der Waals surface area contributed by atoms with Gasteiger partial charge in [0, 0.05) is 74.1 Å². The van der Waals surface area contributed by atoms with Crippen LogP contribution in [-0.2, 0) is 39.1 Å². The Hall–Kier alpha value is -0.871. The summed E-state index contributed by atoms with van der Waals surface area (Å²) in [5.41, 5.74) is 3.60. The number of hydrogen-bond donors (Lipinski definition) is 2. The molecule has 3 heterocycles. The maximum atomic E-state index is 5.47. The Morgan fingerprint density at radius 2 is 2.32 bits per heavy atom.